The molecule has 0 radical (unpaired) electrons. The summed E-state index contributed by atoms with van der Waals surface area (Å²) < 4.78 is 0. The smallest absolute Gasteiger partial charge is 0.272 e. The minimum absolute atomic E-state index is 0.0306. The fourth-order valence-corrected chi connectivity index (χ4v) is 1.75. The van der Waals surface area contributed by atoms with Gasteiger partial charge < -0.3 is 10.2 Å². The lowest BCUT2D eigenvalue weighted by Gasteiger charge is -2.04. The summed E-state index contributed by atoms with van der Waals surface area (Å²) in [6.45, 7) is 3.54. The van der Waals surface area contributed by atoms with Crippen molar-refractivity contribution in [3.8, 4) is 11.5 Å². The summed E-state index contributed by atoms with van der Waals surface area (Å²) in [5.41, 5.74) is 4.63. The molecule has 2 rings (SSSR count). The summed E-state index contributed by atoms with van der Waals surface area (Å²) >= 11 is 0. The van der Waals surface area contributed by atoms with Crippen molar-refractivity contribution in [3.05, 3.63) is 52.8 Å². The zero-order chi connectivity index (χ0) is 15.4. The van der Waals surface area contributed by atoms with Crippen molar-refractivity contribution in [2.75, 3.05) is 0 Å². The molecule has 0 fully saturated rings. The minimum Gasteiger partial charge on any atom is -0.508 e. The van der Waals surface area contributed by atoms with Crippen molar-refractivity contribution in [2.24, 2.45) is 5.10 Å². The minimum atomic E-state index is -0.394. The van der Waals surface area contributed by atoms with Gasteiger partial charge in [0.25, 0.3) is 5.91 Å². The number of hydrogen-bond donors (Lipinski definition) is 3. The van der Waals surface area contributed by atoms with E-state index in [9.17, 15) is 15.0 Å². The van der Waals surface area contributed by atoms with Gasteiger partial charge in [-0.15, -0.1) is 0 Å². The number of aromatic nitrogens is 1. The summed E-state index contributed by atoms with van der Waals surface area (Å²) in [6.07, 6.45) is 2.78. The number of nitrogens with one attached hydrogen (secondary N) is 1. The van der Waals surface area contributed by atoms with Gasteiger partial charge in [0, 0.05) is 23.5 Å². The summed E-state index contributed by atoms with van der Waals surface area (Å²) in [5.74, 6) is -0.533. The first kappa shape index (κ1) is 14.5. The van der Waals surface area contributed by atoms with Crippen LogP contribution in [0.4, 0.5) is 0 Å². The lowest BCUT2D eigenvalue weighted by molar-refractivity contribution is 0.0954. The molecule has 3 N–H and O–H groups in total. The molecule has 0 spiro atoms. The molecule has 0 unspecified atom stereocenters. The second-order valence-corrected chi connectivity index (χ2v) is 4.58. The van der Waals surface area contributed by atoms with Gasteiger partial charge >= 0.3 is 0 Å². The second-order valence-electron chi connectivity index (χ2n) is 4.58. The quantitative estimate of drug-likeness (QED) is 0.592. The highest BCUT2D eigenvalue weighted by atomic mass is 16.3. The van der Waals surface area contributed by atoms with Crippen molar-refractivity contribution >= 4 is 12.1 Å². The van der Waals surface area contributed by atoms with Gasteiger partial charge in [-0.25, -0.2) is 5.43 Å². The van der Waals surface area contributed by atoms with Crippen LogP contribution in [-0.4, -0.2) is 27.3 Å². The Morgan fingerprint density at radius 1 is 1.29 bits per heavy atom. The van der Waals surface area contributed by atoms with Crippen molar-refractivity contribution in [2.45, 2.75) is 13.8 Å². The number of carbonyl (C=O) groups excluding carboxylic acids is 1. The number of aryl methyl sites for hydroxylation is 2. The average Bonchev–Trinajstić information content (AvgIpc) is 2.42. The van der Waals surface area contributed by atoms with E-state index < -0.39 is 5.91 Å². The van der Waals surface area contributed by atoms with Crippen LogP contribution in [0.3, 0.4) is 0 Å². The van der Waals surface area contributed by atoms with Crippen molar-refractivity contribution in [3.63, 3.8) is 0 Å². The van der Waals surface area contributed by atoms with E-state index >= 15 is 0 Å². The van der Waals surface area contributed by atoms with Gasteiger partial charge in [0.1, 0.15) is 11.5 Å². The van der Waals surface area contributed by atoms with E-state index in [0.29, 0.717) is 16.7 Å². The second kappa shape index (κ2) is 6.04. The Kier molecular flexibility index (Phi) is 4.18. The van der Waals surface area contributed by atoms with Gasteiger partial charge in [-0.3, -0.25) is 9.78 Å². The molecule has 1 aromatic heterocycles. The van der Waals surface area contributed by atoms with Crippen LogP contribution in [0, 0.1) is 13.8 Å². The van der Waals surface area contributed by atoms with Crippen LogP contribution in [0.1, 0.15) is 27.2 Å². The Morgan fingerprint density at radius 3 is 2.67 bits per heavy atom. The summed E-state index contributed by atoms with van der Waals surface area (Å²) in [6, 6.07) is 6.08. The number of nitrogens with zero attached hydrogens (tertiary/aromatic N) is 2. The molecule has 2 aromatic rings. The predicted octanol–water partition coefficient (Wildman–Crippen LogP) is 1.87. The number of hydrogen-bond acceptors (Lipinski definition) is 5. The van der Waals surface area contributed by atoms with E-state index in [2.05, 4.69) is 15.5 Å². The van der Waals surface area contributed by atoms with Gasteiger partial charge in [0.2, 0.25) is 0 Å². The summed E-state index contributed by atoms with van der Waals surface area (Å²) in [4.78, 5) is 15.8. The number of carbonyl (C=O) groups is 1. The van der Waals surface area contributed by atoms with Crippen LogP contribution in [0.15, 0.2) is 35.6 Å². The number of aromatic hydroxyl groups is 2. The lowest BCUT2D eigenvalue weighted by Crippen LogP contribution is -2.17. The molecule has 0 bridgehead atoms. The molecule has 0 aliphatic carbocycles. The van der Waals surface area contributed by atoms with Gasteiger partial charge in [0.15, 0.2) is 0 Å². The molecule has 1 heterocycles. The van der Waals surface area contributed by atoms with Crippen LogP contribution in [0.25, 0.3) is 0 Å². The molecule has 21 heavy (non-hydrogen) atoms. The summed E-state index contributed by atoms with van der Waals surface area (Å²) in [7, 11) is 0. The first-order valence-electron chi connectivity index (χ1n) is 6.26. The lowest BCUT2D eigenvalue weighted by atomic mass is 10.1. The van der Waals surface area contributed by atoms with Crippen molar-refractivity contribution in [1.82, 2.24) is 10.4 Å². The molecular weight excluding hydrogens is 270 g/mol. The average molecular weight is 285 g/mol. The number of phenolic OH excluding ortho intramolecular Hbond substituents is 2. The molecule has 108 valence electrons. The van der Waals surface area contributed by atoms with Gasteiger partial charge in [-0.05, 0) is 37.6 Å². The number of benzene rings is 1. The molecular formula is C15H15N3O3. The van der Waals surface area contributed by atoms with Gasteiger partial charge in [-0.1, -0.05) is 0 Å². The molecule has 1 amide bonds. The Hall–Kier alpha value is -2.89. The van der Waals surface area contributed by atoms with Crippen molar-refractivity contribution in [1.29, 1.82) is 0 Å². The van der Waals surface area contributed by atoms with Gasteiger partial charge in [-0.2, -0.15) is 5.10 Å². The van der Waals surface area contributed by atoms with Crippen LogP contribution >= 0.6 is 0 Å². The number of rotatable bonds is 3. The highest BCUT2D eigenvalue weighted by molar-refractivity contribution is 5.95. The van der Waals surface area contributed by atoms with E-state index in [1.54, 1.807) is 19.1 Å². The normalized spacial score (nSPS) is 10.8. The van der Waals surface area contributed by atoms with Crippen molar-refractivity contribution < 1.29 is 15.0 Å². The third-order valence-electron chi connectivity index (χ3n) is 2.88. The summed E-state index contributed by atoms with van der Waals surface area (Å²) in [5, 5.41) is 22.8. The SMILES string of the molecule is Cc1ccc(C(=O)NN=Cc2c(C)cc(O)cc2O)cn1. The number of hydrazone groups is 1. The Bertz CT molecular complexity index is 671. The highest BCUT2D eigenvalue weighted by Crippen LogP contribution is 2.24. The maximum absolute atomic E-state index is 11.8. The molecule has 6 heteroatoms. The first-order valence-corrected chi connectivity index (χ1v) is 6.26. The van der Waals surface area contributed by atoms with Crippen LogP contribution in [0.5, 0.6) is 11.5 Å². The zero-order valence-electron chi connectivity index (χ0n) is 11.7. The van der Waals surface area contributed by atoms with Gasteiger partial charge in [0.05, 0.1) is 11.8 Å². The Morgan fingerprint density at radius 2 is 2.05 bits per heavy atom. The monoisotopic (exact) mass is 285 g/mol. The fraction of sp³-hybridized carbons (Fsp3) is 0.133. The van der Waals surface area contributed by atoms with E-state index in [-0.39, 0.29) is 11.5 Å². The topological polar surface area (TPSA) is 94.8 Å². The van der Waals surface area contributed by atoms with Crippen LogP contribution in [0.2, 0.25) is 0 Å². The fourth-order valence-electron chi connectivity index (χ4n) is 1.75. The molecule has 6 nitrogen and oxygen atoms in total. The van der Waals surface area contributed by atoms with Crippen LogP contribution < -0.4 is 5.43 Å². The third kappa shape index (κ3) is 3.56. The number of amides is 1. The largest absolute Gasteiger partial charge is 0.508 e. The maximum atomic E-state index is 11.8. The first-order chi connectivity index (χ1) is 9.97. The highest BCUT2D eigenvalue weighted by Gasteiger charge is 2.06. The molecule has 1 aromatic carbocycles. The molecule has 0 atom stereocenters. The van der Waals surface area contributed by atoms with E-state index in [4.69, 9.17) is 0 Å². The number of pyridine rings is 1. The standard InChI is InChI=1S/C15H15N3O3/c1-9-5-12(19)6-14(20)13(9)8-17-18-15(21)11-4-3-10(2)16-7-11/h3-8,19-20H,1-2H3,(H,18,21). The maximum Gasteiger partial charge on any atom is 0.272 e. The molecule has 0 aliphatic heterocycles. The van der Waals surface area contributed by atoms with Crippen LogP contribution in [-0.2, 0) is 0 Å². The predicted molar refractivity (Wildman–Crippen MR) is 78.5 cm³/mol. The van der Waals surface area contributed by atoms with E-state index in [0.717, 1.165) is 5.69 Å². The zero-order valence-corrected chi connectivity index (χ0v) is 11.7. The Balaban J connectivity index is 2.09. The van der Waals surface area contributed by atoms with E-state index in [1.165, 1.54) is 24.5 Å². The molecule has 0 aliphatic rings. The molecule has 0 saturated heterocycles. The third-order valence-corrected chi connectivity index (χ3v) is 2.88. The van der Waals surface area contributed by atoms with E-state index in [1.807, 2.05) is 6.92 Å². The molecule has 0 saturated carbocycles. The number of phenols is 2. The Labute approximate surface area is 121 Å².